The molecule has 2 aliphatic heterocycles. The molecular weight excluding hydrogens is 384 g/mol. The molecule has 0 bridgehead atoms. The number of anilines is 1. The Morgan fingerprint density at radius 1 is 1.07 bits per heavy atom. The van der Waals surface area contributed by atoms with Crippen LogP contribution in [-0.2, 0) is 26.0 Å². The molecule has 9 nitrogen and oxygen atoms in total. The Morgan fingerprint density at radius 2 is 1.75 bits per heavy atom. The van der Waals surface area contributed by atoms with Crippen molar-refractivity contribution in [2.75, 3.05) is 38.3 Å². The molecule has 2 aliphatic rings. The van der Waals surface area contributed by atoms with Crippen molar-refractivity contribution in [1.29, 1.82) is 0 Å². The number of likely N-dealkylation sites (N-methyl/N-ethyl adjacent to an activating group) is 1. The monoisotopic (exact) mass is 408 g/mol. The average Bonchev–Trinajstić information content (AvgIpc) is 2.86. The van der Waals surface area contributed by atoms with Gasteiger partial charge in [0.1, 0.15) is 6.67 Å². The van der Waals surface area contributed by atoms with E-state index in [1.54, 1.807) is 32.0 Å². The molecule has 1 aromatic rings. The van der Waals surface area contributed by atoms with Gasteiger partial charge >= 0.3 is 17.8 Å². The second-order valence-electron chi connectivity index (χ2n) is 6.77. The molecule has 152 valence electrons. The van der Waals surface area contributed by atoms with Gasteiger partial charge < -0.3 is 4.90 Å². The number of hydrogen-bond donors (Lipinski definition) is 0. The molecule has 0 spiro atoms. The van der Waals surface area contributed by atoms with Crippen molar-refractivity contribution in [3.63, 3.8) is 0 Å². The zero-order chi connectivity index (χ0) is 20.6. The molecule has 1 aromatic carbocycles. The van der Waals surface area contributed by atoms with Gasteiger partial charge in [-0.3, -0.25) is 14.5 Å². The van der Waals surface area contributed by atoms with Crippen LogP contribution in [-0.4, -0.2) is 73.7 Å². The molecule has 10 heteroatoms. The Labute approximate surface area is 164 Å². The normalized spacial score (nSPS) is 17.7. The highest BCUT2D eigenvalue weighted by atomic mass is 32.2. The molecule has 0 unspecified atom stereocenters. The predicted molar refractivity (Wildman–Crippen MR) is 102 cm³/mol. The first-order valence-electron chi connectivity index (χ1n) is 9.23. The van der Waals surface area contributed by atoms with Crippen LogP contribution in [0.3, 0.4) is 0 Å². The first-order valence-corrected chi connectivity index (χ1v) is 10.7. The minimum absolute atomic E-state index is 0.0388. The van der Waals surface area contributed by atoms with E-state index in [9.17, 15) is 22.8 Å². The Kier molecular flexibility index (Phi) is 5.44. The van der Waals surface area contributed by atoms with E-state index >= 15 is 0 Å². The third-order valence-electron chi connectivity index (χ3n) is 5.17. The van der Waals surface area contributed by atoms with Gasteiger partial charge in [0.15, 0.2) is 0 Å². The molecule has 0 saturated carbocycles. The minimum atomic E-state index is -3.56. The van der Waals surface area contributed by atoms with Gasteiger partial charge in [-0.1, -0.05) is 13.8 Å². The molecule has 0 radical (unpaired) electrons. The molecule has 0 aliphatic carbocycles. The summed E-state index contributed by atoms with van der Waals surface area (Å²) >= 11 is 0. The Hall–Kier alpha value is -2.46. The smallest absolute Gasteiger partial charge is 0.335 e. The maximum Gasteiger partial charge on any atom is 0.335 e. The third-order valence-corrected chi connectivity index (χ3v) is 7.22. The lowest BCUT2D eigenvalue weighted by molar-refractivity contribution is -0.142. The molecule has 2 heterocycles. The second kappa shape index (κ2) is 7.51. The summed E-state index contributed by atoms with van der Waals surface area (Å²) in [5.74, 6) is -1.69. The van der Waals surface area contributed by atoms with Gasteiger partial charge in [-0.15, -0.1) is 0 Å². The number of urea groups is 1. The molecule has 1 fully saturated rings. The van der Waals surface area contributed by atoms with Crippen molar-refractivity contribution in [3.05, 3.63) is 23.8 Å². The largest absolute Gasteiger partial charge is 0.353 e. The summed E-state index contributed by atoms with van der Waals surface area (Å²) in [5.41, 5.74) is 1.62. The van der Waals surface area contributed by atoms with Crippen LogP contribution in [0.1, 0.15) is 25.8 Å². The fraction of sp³-hybridized carbons (Fsp3) is 0.500. The summed E-state index contributed by atoms with van der Waals surface area (Å²) < 4.78 is 26.9. The fourth-order valence-electron chi connectivity index (χ4n) is 3.58. The number of nitrogens with zero attached hydrogens (tertiary/aromatic N) is 4. The van der Waals surface area contributed by atoms with Crippen LogP contribution in [0, 0.1) is 0 Å². The Balaban J connectivity index is 1.89. The molecule has 4 amide bonds. The van der Waals surface area contributed by atoms with Gasteiger partial charge in [0, 0.05) is 32.4 Å². The molecule has 3 rings (SSSR count). The number of amides is 4. The second-order valence-corrected chi connectivity index (χ2v) is 8.71. The topological polar surface area (TPSA) is 98.3 Å². The fourth-order valence-corrected chi connectivity index (χ4v) is 5.09. The highest BCUT2D eigenvalue weighted by Gasteiger charge is 2.43. The predicted octanol–water partition coefficient (Wildman–Crippen LogP) is 0.848. The van der Waals surface area contributed by atoms with Gasteiger partial charge in [-0.2, -0.15) is 4.31 Å². The van der Waals surface area contributed by atoms with Crippen LogP contribution >= 0.6 is 0 Å². The van der Waals surface area contributed by atoms with E-state index in [4.69, 9.17) is 0 Å². The molecular formula is C18H24N4O5S. The number of carbonyl (C=O) groups excluding carboxylic acids is 3. The van der Waals surface area contributed by atoms with Crippen molar-refractivity contribution in [1.82, 2.24) is 14.1 Å². The summed E-state index contributed by atoms with van der Waals surface area (Å²) in [6.45, 7) is 4.94. The Bertz CT molecular complexity index is 926. The van der Waals surface area contributed by atoms with Crippen molar-refractivity contribution in [3.8, 4) is 0 Å². The van der Waals surface area contributed by atoms with Crippen LogP contribution in [0.25, 0.3) is 0 Å². The third kappa shape index (κ3) is 3.26. The number of benzene rings is 1. The maximum absolute atomic E-state index is 12.8. The zero-order valence-corrected chi connectivity index (χ0v) is 17.0. The summed E-state index contributed by atoms with van der Waals surface area (Å²) in [5, 5.41) is 0. The lowest BCUT2D eigenvalue weighted by Crippen LogP contribution is -2.44. The summed E-state index contributed by atoms with van der Waals surface area (Å²) in [7, 11) is -2.29. The van der Waals surface area contributed by atoms with E-state index in [1.807, 2.05) is 4.90 Å². The SMILES string of the molecule is CCN(CC)S(=O)(=O)c1ccc2c(c1)CCCN2CN1C(=O)C(=O)N(C)C1=O. The van der Waals surface area contributed by atoms with Crippen LogP contribution in [0.2, 0.25) is 0 Å². The first-order chi connectivity index (χ1) is 13.2. The number of sulfonamides is 1. The van der Waals surface area contributed by atoms with Crippen LogP contribution in [0.15, 0.2) is 23.1 Å². The summed E-state index contributed by atoms with van der Waals surface area (Å²) in [6, 6.07) is 4.28. The van der Waals surface area contributed by atoms with Gasteiger partial charge in [0.2, 0.25) is 10.0 Å². The van der Waals surface area contributed by atoms with Crippen LogP contribution in [0.4, 0.5) is 10.5 Å². The summed E-state index contributed by atoms with van der Waals surface area (Å²) in [4.78, 5) is 39.7. The van der Waals surface area contributed by atoms with Crippen LogP contribution in [0.5, 0.6) is 0 Å². The van der Waals surface area contributed by atoms with Crippen LogP contribution < -0.4 is 4.90 Å². The van der Waals surface area contributed by atoms with E-state index in [0.717, 1.165) is 27.5 Å². The van der Waals surface area contributed by atoms with Crippen molar-refractivity contribution < 1.29 is 22.8 Å². The number of imide groups is 2. The molecule has 0 atom stereocenters. The number of fused-ring (bicyclic) bond motifs is 1. The number of aryl methyl sites for hydroxylation is 1. The van der Waals surface area contributed by atoms with E-state index in [1.165, 1.54) is 11.4 Å². The number of rotatable bonds is 6. The average molecular weight is 408 g/mol. The number of carbonyl (C=O) groups is 3. The van der Waals surface area contributed by atoms with Gasteiger partial charge in [-0.05, 0) is 36.6 Å². The lowest BCUT2D eigenvalue weighted by Gasteiger charge is -2.33. The van der Waals surface area contributed by atoms with Crippen molar-refractivity contribution in [2.24, 2.45) is 0 Å². The van der Waals surface area contributed by atoms with Crippen molar-refractivity contribution in [2.45, 2.75) is 31.6 Å². The van der Waals surface area contributed by atoms with E-state index < -0.39 is 27.9 Å². The number of hydrogen-bond acceptors (Lipinski definition) is 6. The minimum Gasteiger partial charge on any atom is -0.353 e. The lowest BCUT2D eigenvalue weighted by atomic mass is 10.0. The van der Waals surface area contributed by atoms with Crippen molar-refractivity contribution >= 4 is 33.6 Å². The van der Waals surface area contributed by atoms with Gasteiger partial charge in [-0.25, -0.2) is 18.1 Å². The van der Waals surface area contributed by atoms with E-state index in [-0.39, 0.29) is 11.6 Å². The van der Waals surface area contributed by atoms with E-state index in [2.05, 4.69) is 0 Å². The first kappa shape index (κ1) is 20.3. The van der Waals surface area contributed by atoms with Gasteiger partial charge in [0.25, 0.3) is 0 Å². The molecule has 1 saturated heterocycles. The maximum atomic E-state index is 12.8. The summed E-state index contributed by atoms with van der Waals surface area (Å²) in [6.07, 6.45) is 1.45. The highest BCUT2D eigenvalue weighted by molar-refractivity contribution is 7.89. The standard InChI is InChI=1S/C18H24N4O5S/c1-4-21(5-2)28(26,27)14-8-9-15-13(11-14)7-6-10-20(15)12-22-17(24)16(23)19(3)18(22)25/h8-9,11H,4-7,10,12H2,1-3H3. The van der Waals surface area contributed by atoms with E-state index in [0.29, 0.717) is 26.1 Å². The molecule has 28 heavy (non-hydrogen) atoms. The molecule has 0 N–H and O–H groups in total. The Morgan fingerprint density at radius 3 is 2.32 bits per heavy atom. The van der Waals surface area contributed by atoms with Gasteiger partial charge in [0.05, 0.1) is 4.90 Å². The zero-order valence-electron chi connectivity index (χ0n) is 16.2. The molecule has 0 aromatic heterocycles. The highest BCUT2D eigenvalue weighted by Crippen LogP contribution is 2.31. The quantitative estimate of drug-likeness (QED) is 0.511.